The first-order valence-corrected chi connectivity index (χ1v) is 12.5. The Hall–Kier alpha value is -2.35. The van der Waals surface area contributed by atoms with Crippen molar-refractivity contribution in [2.75, 3.05) is 25.0 Å². The molecule has 33 heavy (non-hydrogen) atoms. The van der Waals surface area contributed by atoms with Crippen LogP contribution in [0.15, 0.2) is 65.3 Å². The van der Waals surface area contributed by atoms with Gasteiger partial charge in [-0.25, -0.2) is 4.98 Å². The van der Waals surface area contributed by atoms with Crippen molar-refractivity contribution < 1.29 is 0 Å². The third-order valence-corrected chi connectivity index (χ3v) is 7.09. The third-order valence-electron chi connectivity index (χ3n) is 6.27. The van der Waals surface area contributed by atoms with Crippen LogP contribution in [0.5, 0.6) is 0 Å². The maximum absolute atomic E-state index is 6.48. The molecule has 1 aliphatic heterocycles. The number of halogens is 2. The Labute approximate surface area is 208 Å². The number of rotatable bonds is 6. The topological polar surface area (TPSA) is 45.5 Å². The van der Waals surface area contributed by atoms with Gasteiger partial charge in [0.15, 0.2) is 5.65 Å². The van der Waals surface area contributed by atoms with Crippen LogP contribution in [-0.2, 0) is 6.54 Å². The molecule has 0 amide bonds. The minimum Gasteiger partial charge on any atom is -0.370 e. The van der Waals surface area contributed by atoms with Crippen LogP contribution in [0.1, 0.15) is 18.4 Å². The van der Waals surface area contributed by atoms with Gasteiger partial charge in [-0.1, -0.05) is 57.9 Å². The Balaban J connectivity index is 1.33. The smallest absolute Gasteiger partial charge is 0.151 e. The van der Waals surface area contributed by atoms with Crippen molar-refractivity contribution in [2.24, 2.45) is 5.92 Å². The normalized spacial score (nSPS) is 16.8. The first-order valence-electron chi connectivity index (χ1n) is 11.4. The zero-order valence-electron chi connectivity index (χ0n) is 18.6. The summed E-state index contributed by atoms with van der Waals surface area (Å²) in [5.41, 5.74) is 5.05. The number of benzene rings is 2. The molecule has 2 aromatic carbocycles. The van der Waals surface area contributed by atoms with Gasteiger partial charge in [-0.05, 0) is 54.5 Å². The van der Waals surface area contributed by atoms with Crippen LogP contribution in [0.25, 0.3) is 16.9 Å². The summed E-state index contributed by atoms with van der Waals surface area (Å²) in [7, 11) is 2.04. The lowest BCUT2D eigenvalue weighted by atomic mass is 9.97. The second-order valence-electron chi connectivity index (χ2n) is 8.82. The Morgan fingerprint density at radius 1 is 1.15 bits per heavy atom. The van der Waals surface area contributed by atoms with E-state index in [0.717, 1.165) is 58.8 Å². The number of anilines is 1. The van der Waals surface area contributed by atoms with Gasteiger partial charge in [0.2, 0.25) is 0 Å². The zero-order valence-corrected chi connectivity index (χ0v) is 21.0. The Morgan fingerprint density at radius 2 is 2.03 bits per heavy atom. The molecular formula is C25H26BBrClN5. The van der Waals surface area contributed by atoms with Crippen LogP contribution in [0.2, 0.25) is 5.02 Å². The lowest BCUT2D eigenvalue weighted by molar-refractivity contribution is 0.173. The molecule has 5 nitrogen and oxygen atoms in total. The lowest BCUT2D eigenvalue weighted by Gasteiger charge is -2.33. The number of aromatic nitrogens is 3. The average Bonchev–Trinajstić information content (AvgIpc) is 3.19. The number of nitrogens with one attached hydrogen (secondary N) is 1. The first-order chi connectivity index (χ1) is 16.1. The second-order valence-corrected chi connectivity index (χ2v) is 10.1. The molecule has 0 spiro atoms. The quantitative estimate of drug-likeness (QED) is 0.382. The molecule has 1 atom stereocenters. The van der Waals surface area contributed by atoms with Crippen molar-refractivity contribution in [2.45, 2.75) is 19.4 Å². The first kappa shape index (κ1) is 22.4. The van der Waals surface area contributed by atoms with E-state index < -0.39 is 0 Å². The molecule has 0 aliphatic carbocycles. The van der Waals surface area contributed by atoms with Gasteiger partial charge in [0.25, 0.3) is 0 Å². The molecule has 1 aliphatic rings. The van der Waals surface area contributed by atoms with Crippen LogP contribution >= 0.6 is 27.5 Å². The van der Waals surface area contributed by atoms with Crippen LogP contribution < -0.4 is 10.8 Å². The van der Waals surface area contributed by atoms with Gasteiger partial charge in [-0.15, -0.1) is 0 Å². The maximum atomic E-state index is 6.48. The van der Waals surface area contributed by atoms with E-state index in [0.29, 0.717) is 10.9 Å². The number of piperidine rings is 1. The number of nitrogens with zero attached hydrogens (tertiary/aromatic N) is 4. The van der Waals surface area contributed by atoms with Crippen molar-refractivity contribution in [3.63, 3.8) is 0 Å². The molecule has 3 heterocycles. The summed E-state index contributed by atoms with van der Waals surface area (Å²) in [6.07, 6.45) is 4.31. The minimum absolute atomic E-state index is 0.578. The van der Waals surface area contributed by atoms with E-state index in [1.54, 1.807) is 0 Å². The monoisotopic (exact) mass is 521 g/mol. The van der Waals surface area contributed by atoms with Crippen LogP contribution in [0.3, 0.4) is 0 Å². The molecule has 1 unspecified atom stereocenters. The summed E-state index contributed by atoms with van der Waals surface area (Å²) >= 11 is 10.1. The van der Waals surface area contributed by atoms with Crippen LogP contribution in [0.4, 0.5) is 5.82 Å². The molecule has 8 heteroatoms. The molecule has 2 aromatic heterocycles. The lowest BCUT2D eigenvalue weighted by Crippen LogP contribution is -2.37. The summed E-state index contributed by atoms with van der Waals surface area (Å²) < 4.78 is 3.04. The number of fused-ring (bicyclic) bond motifs is 1. The predicted octanol–water partition coefficient (Wildman–Crippen LogP) is 4.39. The highest BCUT2D eigenvalue weighted by Crippen LogP contribution is 2.28. The molecule has 1 saturated heterocycles. The van der Waals surface area contributed by atoms with Crippen molar-refractivity contribution in [3.05, 3.63) is 75.9 Å². The summed E-state index contributed by atoms with van der Waals surface area (Å²) in [6, 6.07) is 18.5. The fraction of sp³-hybridized carbons (Fsp3) is 0.280. The Kier molecular flexibility index (Phi) is 6.72. The van der Waals surface area contributed by atoms with Crippen LogP contribution in [-0.4, -0.2) is 47.0 Å². The molecule has 0 saturated carbocycles. The van der Waals surface area contributed by atoms with E-state index in [2.05, 4.69) is 61.6 Å². The van der Waals surface area contributed by atoms with Gasteiger partial charge < -0.3 is 5.32 Å². The van der Waals surface area contributed by atoms with Crippen LogP contribution in [0, 0.1) is 5.92 Å². The van der Waals surface area contributed by atoms with Crippen molar-refractivity contribution >= 4 is 52.3 Å². The molecule has 4 aromatic rings. The molecular weight excluding hydrogens is 496 g/mol. The fourth-order valence-electron chi connectivity index (χ4n) is 4.61. The van der Waals surface area contributed by atoms with Crippen molar-refractivity contribution in [3.8, 4) is 11.3 Å². The molecule has 1 N–H and O–H groups in total. The summed E-state index contributed by atoms with van der Waals surface area (Å²) in [5, 5.41) is 8.94. The summed E-state index contributed by atoms with van der Waals surface area (Å²) in [6.45, 7) is 4.13. The van der Waals surface area contributed by atoms with Gasteiger partial charge in [0.1, 0.15) is 13.7 Å². The molecule has 0 radical (unpaired) electrons. The highest BCUT2D eigenvalue weighted by atomic mass is 79.9. The summed E-state index contributed by atoms with van der Waals surface area (Å²) in [4.78, 5) is 7.41. The van der Waals surface area contributed by atoms with E-state index in [1.165, 1.54) is 18.4 Å². The number of hydrogen-bond donors (Lipinski definition) is 1. The standard InChI is InChI=1S/C25H26BBrClN5/c26-21-14-30-33-24(12-23(31-25(21)33)20-8-1-2-9-22(20)28)29-13-18-6-4-10-32(16-18)15-17-5-3-7-19(27)11-17/h1-3,5,7-9,11-12,14,18,29H,4,6,10,13,15-16,26H2. The van der Waals surface area contributed by atoms with E-state index in [1.807, 2.05) is 42.8 Å². The van der Waals surface area contributed by atoms with E-state index in [-0.39, 0.29) is 0 Å². The highest BCUT2D eigenvalue weighted by molar-refractivity contribution is 9.10. The number of likely N-dealkylation sites (tertiary alicyclic amines) is 1. The second kappa shape index (κ2) is 9.88. The van der Waals surface area contributed by atoms with Gasteiger partial charge in [0.05, 0.1) is 5.69 Å². The Morgan fingerprint density at radius 3 is 2.88 bits per heavy atom. The molecule has 168 valence electrons. The zero-order chi connectivity index (χ0) is 22.8. The largest absolute Gasteiger partial charge is 0.370 e. The fourth-order valence-corrected chi connectivity index (χ4v) is 5.29. The van der Waals surface area contributed by atoms with E-state index in [9.17, 15) is 0 Å². The van der Waals surface area contributed by atoms with Gasteiger partial charge >= 0.3 is 0 Å². The number of hydrogen-bond acceptors (Lipinski definition) is 4. The molecule has 5 rings (SSSR count). The third kappa shape index (κ3) is 5.10. The average molecular weight is 523 g/mol. The molecule has 1 fully saturated rings. The van der Waals surface area contributed by atoms with Gasteiger partial charge in [-0.2, -0.15) is 9.61 Å². The highest BCUT2D eigenvalue weighted by Gasteiger charge is 2.21. The Bertz CT molecular complexity index is 1280. The van der Waals surface area contributed by atoms with Gasteiger partial charge in [0, 0.05) is 47.0 Å². The van der Waals surface area contributed by atoms with E-state index >= 15 is 0 Å². The van der Waals surface area contributed by atoms with Crippen molar-refractivity contribution in [1.29, 1.82) is 0 Å². The van der Waals surface area contributed by atoms with Crippen molar-refractivity contribution in [1.82, 2.24) is 19.5 Å². The predicted molar refractivity (Wildman–Crippen MR) is 142 cm³/mol. The summed E-state index contributed by atoms with van der Waals surface area (Å²) in [5.74, 6) is 1.53. The minimum atomic E-state index is 0.578. The van der Waals surface area contributed by atoms with Gasteiger partial charge in [-0.3, -0.25) is 4.90 Å². The molecule has 0 bridgehead atoms. The maximum Gasteiger partial charge on any atom is 0.151 e. The van der Waals surface area contributed by atoms with E-state index in [4.69, 9.17) is 16.6 Å². The SMILES string of the molecule is Bc1cnn2c(NCC3CCCN(Cc4cccc(Br)c4)C3)cc(-c3ccccc3Cl)nc12.